The summed E-state index contributed by atoms with van der Waals surface area (Å²) >= 11 is 0. The number of methoxy groups -OCH3 is 1. The van der Waals surface area contributed by atoms with Gasteiger partial charge in [0.25, 0.3) is 6.47 Å². The number of esters is 1. The zero-order valence-corrected chi connectivity index (χ0v) is 15.5. The minimum absolute atomic E-state index is 0.159. The second-order valence-electron chi connectivity index (χ2n) is 6.88. The molecule has 2 aliphatic rings. The highest BCUT2D eigenvalue weighted by molar-refractivity contribution is 5.70. The van der Waals surface area contributed by atoms with Gasteiger partial charge in [0.1, 0.15) is 24.4 Å². The van der Waals surface area contributed by atoms with Crippen molar-refractivity contribution in [3.05, 3.63) is 35.9 Å². The number of carbonyl (C=O) groups excluding carboxylic acids is 2. The van der Waals surface area contributed by atoms with Crippen LogP contribution >= 0.6 is 0 Å². The van der Waals surface area contributed by atoms with Crippen molar-refractivity contribution >= 4 is 12.4 Å². The molecule has 0 radical (unpaired) electrons. The molecule has 0 unspecified atom stereocenters. The van der Waals surface area contributed by atoms with Crippen molar-refractivity contribution in [2.24, 2.45) is 0 Å². The van der Waals surface area contributed by atoms with Crippen LogP contribution in [0.2, 0.25) is 0 Å². The van der Waals surface area contributed by atoms with Crippen LogP contribution < -0.4 is 0 Å². The van der Waals surface area contributed by atoms with Crippen molar-refractivity contribution in [1.29, 1.82) is 0 Å². The van der Waals surface area contributed by atoms with Crippen LogP contribution in [0.25, 0.3) is 0 Å². The van der Waals surface area contributed by atoms with E-state index in [1.165, 1.54) is 7.11 Å². The highest BCUT2D eigenvalue weighted by Gasteiger charge is 2.58. The first-order valence-corrected chi connectivity index (χ1v) is 8.76. The molecule has 148 valence electrons. The molecule has 0 amide bonds. The van der Waals surface area contributed by atoms with Crippen molar-refractivity contribution in [1.82, 2.24) is 0 Å². The Hall–Kier alpha value is -2.00. The Morgan fingerprint density at radius 2 is 2.00 bits per heavy atom. The van der Waals surface area contributed by atoms with Gasteiger partial charge >= 0.3 is 5.97 Å². The molecule has 0 saturated carbocycles. The van der Waals surface area contributed by atoms with Crippen molar-refractivity contribution in [2.45, 2.75) is 63.4 Å². The average Bonchev–Trinajstić information content (AvgIpc) is 3.12. The van der Waals surface area contributed by atoms with Crippen LogP contribution in [0, 0.1) is 0 Å². The first kappa shape index (κ1) is 19.8. The lowest BCUT2D eigenvalue weighted by Gasteiger charge is -2.29. The molecular formula is C19H24O8. The normalized spacial score (nSPS) is 29.7. The lowest BCUT2D eigenvalue weighted by molar-refractivity contribution is -0.232. The van der Waals surface area contributed by atoms with E-state index >= 15 is 0 Å². The van der Waals surface area contributed by atoms with E-state index < -0.39 is 42.5 Å². The Morgan fingerprint density at radius 1 is 1.26 bits per heavy atom. The molecule has 2 fully saturated rings. The van der Waals surface area contributed by atoms with Gasteiger partial charge in [-0.15, -0.1) is 0 Å². The summed E-state index contributed by atoms with van der Waals surface area (Å²) < 4.78 is 33.5. The number of rotatable bonds is 8. The topological polar surface area (TPSA) is 89.5 Å². The Kier molecular flexibility index (Phi) is 6.11. The predicted molar refractivity (Wildman–Crippen MR) is 91.3 cm³/mol. The first-order chi connectivity index (χ1) is 12.9. The highest BCUT2D eigenvalue weighted by Crippen LogP contribution is 2.40. The molecule has 3 rings (SSSR count). The molecule has 1 aromatic carbocycles. The fourth-order valence-electron chi connectivity index (χ4n) is 3.32. The minimum atomic E-state index is -0.878. The molecule has 0 aromatic heterocycles. The second-order valence-corrected chi connectivity index (χ2v) is 6.88. The fraction of sp³-hybridized carbons (Fsp3) is 0.579. The smallest absolute Gasteiger partial charge is 0.309 e. The fourth-order valence-corrected chi connectivity index (χ4v) is 3.32. The van der Waals surface area contributed by atoms with Crippen molar-refractivity contribution < 1.29 is 38.0 Å². The van der Waals surface area contributed by atoms with Gasteiger partial charge in [0.2, 0.25) is 0 Å². The van der Waals surface area contributed by atoms with E-state index in [9.17, 15) is 9.59 Å². The van der Waals surface area contributed by atoms with Gasteiger partial charge in [0, 0.05) is 0 Å². The number of carbonyl (C=O) groups is 2. The van der Waals surface area contributed by atoms with Crippen LogP contribution in [0.4, 0.5) is 0 Å². The number of ether oxygens (including phenoxy) is 6. The highest BCUT2D eigenvalue weighted by atomic mass is 16.8. The van der Waals surface area contributed by atoms with Crippen LogP contribution in [0.1, 0.15) is 25.8 Å². The monoisotopic (exact) mass is 380 g/mol. The van der Waals surface area contributed by atoms with E-state index in [1.807, 2.05) is 30.3 Å². The Bertz CT molecular complexity index is 646. The third kappa shape index (κ3) is 4.65. The molecule has 0 N–H and O–H groups in total. The lowest BCUT2D eigenvalue weighted by atomic mass is 10.0. The molecule has 8 heteroatoms. The number of fused-ring (bicyclic) bond motifs is 1. The standard InChI is InChI=1S/C19H24O8/c1-19(2)26-17-16(23-10-12-7-5-4-6-8-12)15(25-18(17)27-19)13(24-11-20)9-14(21)22-3/h4-8,11,13,15-18H,9-10H2,1-3H3/t13-,15-,16-,17+,18+/m1/s1. The third-order valence-electron chi connectivity index (χ3n) is 4.50. The van der Waals surface area contributed by atoms with E-state index in [4.69, 9.17) is 23.7 Å². The average molecular weight is 380 g/mol. The molecule has 5 atom stereocenters. The van der Waals surface area contributed by atoms with E-state index in [1.54, 1.807) is 13.8 Å². The molecule has 0 spiro atoms. The van der Waals surface area contributed by atoms with Gasteiger partial charge < -0.3 is 28.4 Å². The Morgan fingerprint density at radius 3 is 2.67 bits per heavy atom. The summed E-state index contributed by atoms with van der Waals surface area (Å²) in [6, 6.07) is 9.62. The van der Waals surface area contributed by atoms with Crippen LogP contribution in [0.5, 0.6) is 0 Å². The maximum atomic E-state index is 11.7. The third-order valence-corrected chi connectivity index (χ3v) is 4.50. The molecule has 0 aliphatic carbocycles. The molecular weight excluding hydrogens is 356 g/mol. The van der Waals surface area contributed by atoms with Crippen LogP contribution in [-0.2, 0) is 44.6 Å². The molecule has 0 bridgehead atoms. The molecule has 27 heavy (non-hydrogen) atoms. The zero-order valence-electron chi connectivity index (χ0n) is 15.5. The Balaban J connectivity index is 1.77. The minimum Gasteiger partial charge on any atom is -0.469 e. The molecule has 2 saturated heterocycles. The van der Waals surface area contributed by atoms with Gasteiger partial charge in [0.05, 0.1) is 20.1 Å². The number of hydrogen-bond acceptors (Lipinski definition) is 8. The summed E-state index contributed by atoms with van der Waals surface area (Å²) in [7, 11) is 1.27. The van der Waals surface area contributed by atoms with E-state index in [0.717, 1.165) is 5.56 Å². The maximum Gasteiger partial charge on any atom is 0.309 e. The van der Waals surface area contributed by atoms with Gasteiger partial charge in [0.15, 0.2) is 12.1 Å². The van der Waals surface area contributed by atoms with E-state index in [-0.39, 0.29) is 12.9 Å². The number of hydrogen-bond donors (Lipinski definition) is 0. The molecule has 2 heterocycles. The summed E-state index contributed by atoms with van der Waals surface area (Å²) in [5, 5.41) is 0. The maximum absolute atomic E-state index is 11.7. The summed E-state index contributed by atoms with van der Waals surface area (Å²) in [5.41, 5.74) is 0.971. The van der Waals surface area contributed by atoms with Gasteiger partial charge in [-0.25, -0.2) is 0 Å². The largest absolute Gasteiger partial charge is 0.469 e. The molecule has 1 aromatic rings. The lowest BCUT2D eigenvalue weighted by Crippen LogP contribution is -2.44. The summed E-state index contributed by atoms with van der Waals surface area (Å²) in [6.07, 6.45) is -3.55. The Labute approximate surface area is 157 Å². The van der Waals surface area contributed by atoms with E-state index in [0.29, 0.717) is 6.61 Å². The van der Waals surface area contributed by atoms with Gasteiger partial charge in [-0.2, -0.15) is 0 Å². The van der Waals surface area contributed by atoms with Crippen molar-refractivity contribution in [3.8, 4) is 0 Å². The van der Waals surface area contributed by atoms with Gasteiger partial charge in [-0.05, 0) is 19.4 Å². The summed E-state index contributed by atoms with van der Waals surface area (Å²) in [5.74, 6) is -1.34. The number of benzene rings is 1. The van der Waals surface area contributed by atoms with E-state index in [2.05, 4.69) is 4.74 Å². The first-order valence-electron chi connectivity index (χ1n) is 8.76. The van der Waals surface area contributed by atoms with Crippen molar-refractivity contribution in [3.63, 3.8) is 0 Å². The second kappa shape index (κ2) is 8.35. The SMILES string of the molecule is COC(=O)C[C@@H](OC=O)[C@H]1O[C@H]2OC(C)(C)O[C@H]2[C@@H]1OCc1ccccc1. The molecule has 8 nitrogen and oxygen atoms in total. The van der Waals surface area contributed by atoms with Gasteiger partial charge in [-0.1, -0.05) is 30.3 Å². The van der Waals surface area contributed by atoms with Crippen LogP contribution in [0.3, 0.4) is 0 Å². The predicted octanol–water partition coefficient (Wildman–Crippen LogP) is 1.55. The van der Waals surface area contributed by atoms with Crippen molar-refractivity contribution in [2.75, 3.05) is 7.11 Å². The summed E-state index contributed by atoms with van der Waals surface area (Å²) in [4.78, 5) is 22.7. The molecule has 2 aliphatic heterocycles. The van der Waals surface area contributed by atoms with Crippen LogP contribution in [-0.4, -0.2) is 56.0 Å². The van der Waals surface area contributed by atoms with Gasteiger partial charge in [-0.3, -0.25) is 9.59 Å². The summed E-state index contributed by atoms with van der Waals surface area (Å²) in [6.45, 7) is 4.16. The quantitative estimate of drug-likeness (QED) is 0.496. The van der Waals surface area contributed by atoms with Crippen LogP contribution in [0.15, 0.2) is 30.3 Å². The zero-order chi connectivity index (χ0) is 19.4.